The zero-order valence-corrected chi connectivity index (χ0v) is 10.8. The molecule has 0 spiro atoms. The van der Waals surface area contributed by atoms with Gasteiger partial charge in [0, 0.05) is 11.5 Å². The number of carbonyl (C=O) groups is 1. The van der Waals surface area contributed by atoms with Crippen LogP contribution in [0.2, 0.25) is 0 Å². The Morgan fingerprint density at radius 1 is 1.41 bits per heavy atom. The molecule has 0 amide bonds. The van der Waals surface area contributed by atoms with Crippen LogP contribution >= 0.6 is 0 Å². The van der Waals surface area contributed by atoms with Gasteiger partial charge >= 0.3 is 0 Å². The van der Waals surface area contributed by atoms with Crippen LogP contribution in [0.15, 0.2) is 11.8 Å². The molecule has 0 unspecified atom stereocenters. The first-order chi connectivity index (χ1) is 7.81. The van der Waals surface area contributed by atoms with E-state index in [1.165, 1.54) is 0 Å². The molecule has 1 saturated carbocycles. The average molecular weight is 232 g/mol. The summed E-state index contributed by atoms with van der Waals surface area (Å²) in [6.45, 7) is 13.3. The van der Waals surface area contributed by atoms with E-state index in [2.05, 4.69) is 11.8 Å². The number of rotatable bonds is 0. The van der Waals surface area contributed by atoms with E-state index in [0.717, 1.165) is 19.3 Å². The van der Waals surface area contributed by atoms with Crippen LogP contribution in [0.5, 0.6) is 0 Å². The summed E-state index contributed by atoms with van der Waals surface area (Å²) in [6.07, 6.45) is 4.74. The van der Waals surface area contributed by atoms with E-state index in [4.69, 9.17) is 12.3 Å². The van der Waals surface area contributed by atoms with Crippen LogP contribution in [0.1, 0.15) is 40.0 Å². The molecule has 17 heavy (non-hydrogen) atoms. The van der Waals surface area contributed by atoms with Crippen LogP contribution in [-0.4, -0.2) is 11.8 Å². The van der Waals surface area contributed by atoms with Crippen molar-refractivity contribution >= 4 is 5.78 Å². The minimum Gasteiger partial charge on any atom is -0.328 e. The van der Waals surface area contributed by atoms with Crippen LogP contribution < -0.4 is 5.73 Å². The predicted octanol–water partition coefficient (Wildman–Crippen LogP) is 2.53. The summed E-state index contributed by atoms with van der Waals surface area (Å²) in [5, 5.41) is 0. The molecule has 2 aliphatic rings. The molecule has 0 bridgehead atoms. The largest absolute Gasteiger partial charge is 0.328 e. The molecule has 2 N–H and O–H groups in total. The van der Waals surface area contributed by atoms with Gasteiger partial charge in [0.25, 0.3) is 0 Å². The van der Waals surface area contributed by atoms with Gasteiger partial charge in [-0.05, 0) is 30.6 Å². The van der Waals surface area contributed by atoms with E-state index in [9.17, 15) is 4.79 Å². The molecule has 0 saturated heterocycles. The van der Waals surface area contributed by atoms with Gasteiger partial charge in [-0.25, -0.2) is 4.85 Å². The third-order valence-corrected chi connectivity index (χ3v) is 4.60. The standard InChI is InChI=1S/C14H20N2O/c1-13(2)11-6-5-9(15)7-14(11,3)8-10(16-4)12(13)17/h8-9,11H,5-7,15H2,1-3H3/t9-,11-,14-/m1/s1. The van der Waals surface area contributed by atoms with Crippen molar-refractivity contribution in [3.63, 3.8) is 0 Å². The molecule has 2 aliphatic carbocycles. The Balaban J connectivity index is 2.51. The van der Waals surface area contributed by atoms with Crippen molar-refractivity contribution in [1.29, 1.82) is 0 Å². The quantitative estimate of drug-likeness (QED) is 0.652. The number of allylic oxidation sites excluding steroid dienone is 2. The molecule has 0 aromatic rings. The van der Waals surface area contributed by atoms with E-state index in [1.54, 1.807) is 0 Å². The highest BCUT2D eigenvalue weighted by Gasteiger charge is 2.52. The van der Waals surface area contributed by atoms with E-state index >= 15 is 0 Å². The third kappa shape index (κ3) is 1.71. The maximum absolute atomic E-state index is 12.2. The minimum atomic E-state index is -0.427. The molecule has 0 radical (unpaired) electrons. The first-order valence-corrected chi connectivity index (χ1v) is 6.22. The monoisotopic (exact) mass is 232 g/mol. The Bertz CT molecular complexity index is 430. The molecule has 2 rings (SSSR count). The highest BCUT2D eigenvalue weighted by atomic mass is 16.1. The fourth-order valence-electron chi connectivity index (χ4n) is 3.81. The van der Waals surface area contributed by atoms with Gasteiger partial charge < -0.3 is 10.5 Å². The Hall–Kier alpha value is -1.14. The summed E-state index contributed by atoms with van der Waals surface area (Å²) >= 11 is 0. The lowest BCUT2D eigenvalue weighted by Crippen LogP contribution is -2.51. The highest BCUT2D eigenvalue weighted by Crippen LogP contribution is 2.54. The number of carbonyl (C=O) groups excluding carboxylic acids is 1. The van der Waals surface area contributed by atoms with Crippen molar-refractivity contribution in [1.82, 2.24) is 0 Å². The highest BCUT2D eigenvalue weighted by molar-refractivity contribution is 6.02. The first-order valence-electron chi connectivity index (χ1n) is 6.22. The molecule has 0 aromatic heterocycles. The predicted molar refractivity (Wildman–Crippen MR) is 66.9 cm³/mol. The van der Waals surface area contributed by atoms with E-state index in [0.29, 0.717) is 11.6 Å². The van der Waals surface area contributed by atoms with Gasteiger partial charge in [0.05, 0.1) is 6.57 Å². The maximum atomic E-state index is 12.2. The van der Waals surface area contributed by atoms with Crippen molar-refractivity contribution in [2.75, 3.05) is 0 Å². The zero-order chi connectivity index (χ0) is 12.8. The molecule has 0 heterocycles. The second-order valence-corrected chi connectivity index (χ2v) is 6.29. The van der Waals surface area contributed by atoms with Crippen molar-refractivity contribution in [3.05, 3.63) is 23.2 Å². The van der Waals surface area contributed by atoms with Gasteiger partial charge in [-0.1, -0.05) is 26.8 Å². The molecular weight excluding hydrogens is 212 g/mol. The lowest BCUT2D eigenvalue weighted by molar-refractivity contribution is -0.131. The fraction of sp³-hybridized carbons (Fsp3) is 0.714. The van der Waals surface area contributed by atoms with Gasteiger partial charge in [-0.15, -0.1) is 0 Å². The number of fused-ring (bicyclic) bond motifs is 1. The summed E-state index contributed by atoms with van der Waals surface area (Å²) < 4.78 is 0. The summed E-state index contributed by atoms with van der Waals surface area (Å²) in [5.41, 5.74) is 5.84. The average Bonchev–Trinajstić information content (AvgIpc) is 2.23. The minimum absolute atomic E-state index is 0.00504. The SMILES string of the molecule is [C-]#[N+]C1=C[C@@]2(C)C[C@H](N)CC[C@@H]2C(C)(C)C1=O. The number of hydrogen-bond acceptors (Lipinski definition) is 2. The molecule has 3 heteroatoms. The molecule has 3 nitrogen and oxygen atoms in total. The van der Waals surface area contributed by atoms with Crippen molar-refractivity contribution < 1.29 is 4.79 Å². The molecule has 1 fully saturated rings. The lowest BCUT2D eigenvalue weighted by Gasteiger charge is -2.52. The zero-order valence-electron chi connectivity index (χ0n) is 10.8. The second kappa shape index (κ2) is 3.68. The summed E-state index contributed by atoms with van der Waals surface area (Å²) in [6, 6.07) is 0.198. The number of ketones is 1. The second-order valence-electron chi connectivity index (χ2n) is 6.29. The summed E-state index contributed by atoms with van der Waals surface area (Å²) in [5.74, 6) is 0.318. The number of Topliss-reactive ketones (excluding diaryl/α,β-unsaturated/α-hetero) is 1. The lowest BCUT2D eigenvalue weighted by atomic mass is 9.52. The molecule has 92 valence electrons. The van der Waals surface area contributed by atoms with E-state index in [1.807, 2.05) is 19.9 Å². The number of nitrogens with two attached hydrogens (primary N) is 1. The maximum Gasteiger partial charge on any atom is 0.226 e. The summed E-state index contributed by atoms with van der Waals surface area (Å²) in [4.78, 5) is 15.6. The number of nitrogens with zero attached hydrogens (tertiary/aromatic N) is 1. The van der Waals surface area contributed by atoms with Gasteiger partial charge in [0.1, 0.15) is 0 Å². The van der Waals surface area contributed by atoms with Crippen LogP contribution in [0.3, 0.4) is 0 Å². The Kier molecular flexibility index (Phi) is 2.67. The normalized spacial score (nSPS) is 40.2. The van der Waals surface area contributed by atoms with Crippen LogP contribution in [0, 0.1) is 23.3 Å². The van der Waals surface area contributed by atoms with Crippen LogP contribution in [0.25, 0.3) is 4.85 Å². The smallest absolute Gasteiger partial charge is 0.226 e. The van der Waals surface area contributed by atoms with Crippen molar-refractivity contribution in [2.45, 2.75) is 46.1 Å². The molecular formula is C14H20N2O. The third-order valence-electron chi connectivity index (χ3n) is 4.60. The molecule has 0 aromatic carbocycles. The van der Waals surface area contributed by atoms with Gasteiger partial charge in [0.2, 0.25) is 5.70 Å². The molecule has 0 aliphatic heterocycles. The van der Waals surface area contributed by atoms with Gasteiger partial charge in [0.15, 0.2) is 5.78 Å². The first kappa shape index (κ1) is 12.3. The van der Waals surface area contributed by atoms with Gasteiger partial charge in [-0.2, -0.15) is 0 Å². The van der Waals surface area contributed by atoms with Crippen LogP contribution in [-0.2, 0) is 4.79 Å². The van der Waals surface area contributed by atoms with Crippen LogP contribution in [0.4, 0.5) is 0 Å². The number of hydrogen-bond donors (Lipinski definition) is 1. The van der Waals surface area contributed by atoms with Crippen molar-refractivity contribution in [3.8, 4) is 0 Å². The topological polar surface area (TPSA) is 47.5 Å². The van der Waals surface area contributed by atoms with E-state index in [-0.39, 0.29) is 17.2 Å². The molecule has 3 atom stereocenters. The van der Waals surface area contributed by atoms with Gasteiger partial charge in [-0.3, -0.25) is 0 Å². The van der Waals surface area contributed by atoms with Crippen molar-refractivity contribution in [2.24, 2.45) is 22.5 Å². The Labute approximate surface area is 103 Å². The van der Waals surface area contributed by atoms with E-state index < -0.39 is 5.41 Å². The summed E-state index contributed by atoms with van der Waals surface area (Å²) in [7, 11) is 0. The Morgan fingerprint density at radius 2 is 2.06 bits per heavy atom. The fourth-order valence-corrected chi connectivity index (χ4v) is 3.81. The Morgan fingerprint density at radius 3 is 2.65 bits per heavy atom.